The van der Waals surface area contributed by atoms with E-state index in [-0.39, 0.29) is 11.8 Å². The van der Waals surface area contributed by atoms with Gasteiger partial charge in [0.25, 0.3) is 11.8 Å². The minimum Gasteiger partial charge on any atom is -0.493 e. The summed E-state index contributed by atoms with van der Waals surface area (Å²) in [6, 6.07) is 14.5. The van der Waals surface area contributed by atoms with Crippen LogP contribution < -0.4 is 10.1 Å². The molecule has 2 amide bonds. The molecular formula is C24H30N2O3. The van der Waals surface area contributed by atoms with Crippen molar-refractivity contribution in [1.29, 1.82) is 0 Å². The normalized spacial score (nSPS) is 14.2. The molecule has 29 heavy (non-hydrogen) atoms. The van der Waals surface area contributed by atoms with Crippen LogP contribution in [-0.2, 0) is 0 Å². The van der Waals surface area contributed by atoms with Crippen LogP contribution in [0.4, 0.5) is 5.69 Å². The third-order valence-corrected chi connectivity index (χ3v) is 5.19. The lowest BCUT2D eigenvalue weighted by Crippen LogP contribution is -2.32. The van der Waals surface area contributed by atoms with Crippen molar-refractivity contribution in [3.8, 4) is 5.75 Å². The van der Waals surface area contributed by atoms with Crippen molar-refractivity contribution in [1.82, 2.24) is 4.90 Å². The van der Waals surface area contributed by atoms with Crippen molar-refractivity contribution in [3.05, 3.63) is 59.7 Å². The summed E-state index contributed by atoms with van der Waals surface area (Å²) in [5, 5.41) is 2.93. The molecule has 0 unspecified atom stereocenters. The third kappa shape index (κ3) is 5.59. The lowest BCUT2D eigenvalue weighted by molar-refractivity contribution is 0.0762. The van der Waals surface area contributed by atoms with Gasteiger partial charge in [-0.15, -0.1) is 0 Å². The second-order valence-electron chi connectivity index (χ2n) is 7.40. The van der Waals surface area contributed by atoms with Crippen molar-refractivity contribution in [2.75, 3.05) is 25.0 Å². The van der Waals surface area contributed by atoms with E-state index in [0.29, 0.717) is 29.2 Å². The Kier molecular flexibility index (Phi) is 7.68. The Morgan fingerprint density at radius 2 is 1.59 bits per heavy atom. The smallest absolute Gasteiger partial charge is 0.259 e. The van der Waals surface area contributed by atoms with Gasteiger partial charge in [0.05, 0.1) is 23.4 Å². The molecule has 3 rings (SSSR count). The van der Waals surface area contributed by atoms with E-state index < -0.39 is 0 Å². The number of carbonyl (C=O) groups is 2. The van der Waals surface area contributed by atoms with Crippen LogP contribution in [0.1, 0.15) is 66.2 Å². The van der Waals surface area contributed by atoms with Gasteiger partial charge < -0.3 is 15.0 Å². The van der Waals surface area contributed by atoms with Crippen LogP contribution >= 0.6 is 0 Å². The fourth-order valence-electron chi connectivity index (χ4n) is 3.52. The lowest BCUT2D eigenvalue weighted by Gasteiger charge is -2.22. The quantitative estimate of drug-likeness (QED) is 0.662. The van der Waals surface area contributed by atoms with Crippen molar-refractivity contribution in [2.45, 2.75) is 45.4 Å². The fraction of sp³-hybridized carbons (Fsp3) is 0.417. The van der Waals surface area contributed by atoms with Crippen LogP contribution in [0.15, 0.2) is 48.5 Å². The Morgan fingerprint density at radius 1 is 0.931 bits per heavy atom. The number of nitrogens with one attached hydrogen (secondary N) is 1. The van der Waals surface area contributed by atoms with Crippen LogP contribution in [0.5, 0.6) is 5.75 Å². The maximum Gasteiger partial charge on any atom is 0.259 e. The second kappa shape index (κ2) is 10.6. The number of para-hydroxylation sites is 2. The van der Waals surface area contributed by atoms with Gasteiger partial charge in [-0.25, -0.2) is 0 Å². The Labute approximate surface area is 173 Å². The minimum absolute atomic E-state index is 0.0183. The minimum atomic E-state index is -0.270. The Morgan fingerprint density at radius 3 is 2.31 bits per heavy atom. The van der Waals surface area contributed by atoms with E-state index in [4.69, 9.17) is 4.74 Å². The molecule has 5 heteroatoms. The number of unbranched alkanes of at least 4 members (excludes halogenated alkanes) is 1. The summed E-state index contributed by atoms with van der Waals surface area (Å²) >= 11 is 0. The number of benzene rings is 2. The van der Waals surface area contributed by atoms with E-state index >= 15 is 0 Å². The highest BCUT2D eigenvalue weighted by Crippen LogP contribution is 2.23. The van der Waals surface area contributed by atoms with Gasteiger partial charge in [0.2, 0.25) is 0 Å². The van der Waals surface area contributed by atoms with Crippen LogP contribution in [0.3, 0.4) is 0 Å². The van der Waals surface area contributed by atoms with Gasteiger partial charge >= 0.3 is 0 Å². The number of nitrogens with zero attached hydrogens (tertiary/aromatic N) is 1. The van der Waals surface area contributed by atoms with Gasteiger partial charge in [-0.2, -0.15) is 0 Å². The first-order valence-electron chi connectivity index (χ1n) is 10.6. The van der Waals surface area contributed by atoms with Crippen molar-refractivity contribution in [3.63, 3.8) is 0 Å². The molecule has 0 bridgehead atoms. The molecule has 1 N–H and O–H groups in total. The largest absolute Gasteiger partial charge is 0.493 e. The standard InChI is InChI=1S/C24H30N2O3/c1-2-3-18-29-22-15-9-7-13-20(22)23(27)25-21-14-8-6-12-19(21)24(28)26-16-10-4-5-11-17-26/h6-9,12-15H,2-5,10-11,16-18H2,1H3,(H,25,27). The Bertz CT molecular complexity index is 826. The summed E-state index contributed by atoms with van der Waals surface area (Å²) in [5.74, 6) is 0.276. The van der Waals surface area contributed by atoms with Crippen LogP contribution in [0.2, 0.25) is 0 Å². The van der Waals surface area contributed by atoms with Crippen molar-refractivity contribution >= 4 is 17.5 Å². The average molecular weight is 395 g/mol. The number of carbonyl (C=O) groups excluding carboxylic acids is 2. The predicted octanol–water partition coefficient (Wildman–Crippen LogP) is 5.13. The summed E-state index contributed by atoms with van der Waals surface area (Å²) in [5.41, 5.74) is 1.54. The number of likely N-dealkylation sites (tertiary alicyclic amines) is 1. The molecule has 0 radical (unpaired) electrons. The van der Waals surface area contributed by atoms with Gasteiger partial charge in [-0.3, -0.25) is 9.59 Å². The fourth-order valence-corrected chi connectivity index (χ4v) is 3.52. The van der Waals surface area contributed by atoms with E-state index in [2.05, 4.69) is 12.2 Å². The molecule has 1 fully saturated rings. The summed E-state index contributed by atoms with van der Waals surface area (Å²) in [6.07, 6.45) is 6.35. The van der Waals surface area contributed by atoms with Crippen molar-refractivity contribution in [2.24, 2.45) is 0 Å². The first-order valence-corrected chi connectivity index (χ1v) is 10.6. The Hall–Kier alpha value is -2.82. The number of anilines is 1. The molecule has 0 aromatic heterocycles. The molecule has 2 aromatic carbocycles. The van der Waals surface area contributed by atoms with E-state index in [1.807, 2.05) is 29.2 Å². The molecule has 1 heterocycles. The monoisotopic (exact) mass is 394 g/mol. The molecule has 1 aliphatic heterocycles. The number of rotatable bonds is 7. The van der Waals surface area contributed by atoms with E-state index in [1.54, 1.807) is 24.3 Å². The molecule has 0 spiro atoms. The molecule has 154 valence electrons. The van der Waals surface area contributed by atoms with Crippen LogP contribution in [-0.4, -0.2) is 36.4 Å². The van der Waals surface area contributed by atoms with E-state index in [0.717, 1.165) is 51.6 Å². The number of amides is 2. The van der Waals surface area contributed by atoms with Crippen LogP contribution in [0, 0.1) is 0 Å². The summed E-state index contributed by atoms with van der Waals surface area (Å²) in [4.78, 5) is 27.9. The molecule has 2 aromatic rings. The number of ether oxygens (including phenoxy) is 1. The summed E-state index contributed by atoms with van der Waals surface area (Å²) < 4.78 is 5.79. The Balaban J connectivity index is 1.77. The van der Waals surface area contributed by atoms with E-state index in [9.17, 15) is 9.59 Å². The molecule has 0 atom stereocenters. The molecule has 0 saturated carbocycles. The van der Waals surface area contributed by atoms with Gasteiger partial charge in [0, 0.05) is 13.1 Å². The topological polar surface area (TPSA) is 58.6 Å². The first-order chi connectivity index (χ1) is 14.2. The summed E-state index contributed by atoms with van der Waals surface area (Å²) in [7, 11) is 0. The highest BCUT2D eigenvalue weighted by Gasteiger charge is 2.21. The average Bonchev–Trinajstić information content (AvgIpc) is 3.04. The highest BCUT2D eigenvalue weighted by molar-refractivity contribution is 6.10. The van der Waals surface area contributed by atoms with Gasteiger partial charge in [0.15, 0.2) is 0 Å². The number of hydrogen-bond donors (Lipinski definition) is 1. The zero-order chi connectivity index (χ0) is 20.5. The van der Waals surface area contributed by atoms with Crippen molar-refractivity contribution < 1.29 is 14.3 Å². The van der Waals surface area contributed by atoms with Gasteiger partial charge in [-0.05, 0) is 43.5 Å². The first kappa shape index (κ1) is 20.9. The molecule has 0 aliphatic carbocycles. The maximum atomic E-state index is 13.1. The zero-order valence-corrected chi connectivity index (χ0v) is 17.2. The highest BCUT2D eigenvalue weighted by atomic mass is 16.5. The van der Waals surface area contributed by atoms with Gasteiger partial charge in [0.1, 0.15) is 5.75 Å². The predicted molar refractivity (Wildman–Crippen MR) is 116 cm³/mol. The zero-order valence-electron chi connectivity index (χ0n) is 17.2. The SMILES string of the molecule is CCCCOc1ccccc1C(=O)Nc1ccccc1C(=O)N1CCCCCC1. The van der Waals surface area contributed by atoms with E-state index in [1.165, 1.54) is 0 Å². The lowest BCUT2D eigenvalue weighted by atomic mass is 10.1. The molecule has 1 saturated heterocycles. The molecule has 1 aliphatic rings. The molecular weight excluding hydrogens is 364 g/mol. The maximum absolute atomic E-state index is 13.1. The molecule has 5 nitrogen and oxygen atoms in total. The second-order valence-corrected chi connectivity index (χ2v) is 7.40. The van der Waals surface area contributed by atoms with Crippen LogP contribution in [0.25, 0.3) is 0 Å². The summed E-state index contributed by atoms with van der Waals surface area (Å²) in [6.45, 7) is 4.22. The van der Waals surface area contributed by atoms with Gasteiger partial charge in [-0.1, -0.05) is 50.5 Å². The third-order valence-electron chi connectivity index (χ3n) is 5.19. The number of hydrogen-bond acceptors (Lipinski definition) is 3.